The molecular weight excluding hydrogens is 418 g/mol. The number of methoxy groups -OCH3 is 1. The minimum absolute atomic E-state index is 0.120. The molecule has 1 saturated carbocycles. The number of nitrogens with zero attached hydrogens (tertiary/aromatic N) is 2. The van der Waals surface area contributed by atoms with Gasteiger partial charge in [-0.3, -0.25) is 4.98 Å². The number of pyridine rings is 1. The van der Waals surface area contributed by atoms with Crippen LogP contribution in [0.1, 0.15) is 42.5 Å². The summed E-state index contributed by atoms with van der Waals surface area (Å²) in [6.45, 7) is 2.82. The van der Waals surface area contributed by atoms with Crippen molar-refractivity contribution >= 4 is 6.03 Å². The Balaban J connectivity index is 1.41. The SMILES string of the molecule is COc1cc([C@@H](C)NC(=O)N(Cc2cccc(O)c2)C2CC2)ccc1OCc1ccncc1. The van der Waals surface area contributed by atoms with E-state index in [-0.39, 0.29) is 23.9 Å². The Labute approximate surface area is 194 Å². The van der Waals surface area contributed by atoms with E-state index in [4.69, 9.17) is 9.47 Å². The quantitative estimate of drug-likeness (QED) is 0.492. The first-order valence-electron chi connectivity index (χ1n) is 11.1. The van der Waals surface area contributed by atoms with Gasteiger partial charge in [0.15, 0.2) is 11.5 Å². The molecule has 1 aliphatic carbocycles. The number of aromatic hydroxyl groups is 1. The van der Waals surface area contributed by atoms with Gasteiger partial charge in [-0.2, -0.15) is 0 Å². The largest absolute Gasteiger partial charge is 0.508 e. The number of aromatic nitrogens is 1. The predicted molar refractivity (Wildman–Crippen MR) is 125 cm³/mol. The zero-order valence-corrected chi connectivity index (χ0v) is 18.9. The van der Waals surface area contributed by atoms with Crippen LogP contribution in [0.15, 0.2) is 67.0 Å². The molecule has 1 aliphatic rings. The Bertz CT molecular complexity index is 1090. The maximum atomic E-state index is 13.1. The van der Waals surface area contributed by atoms with E-state index in [2.05, 4.69) is 10.3 Å². The fraction of sp³-hybridized carbons (Fsp3) is 0.308. The topological polar surface area (TPSA) is 83.9 Å². The molecule has 1 aromatic heterocycles. The number of amides is 2. The summed E-state index contributed by atoms with van der Waals surface area (Å²) in [4.78, 5) is 18.9. The minimum Gasteiger partial charge on any atom is -0.508 e. The van der Waals surface area contributed by atoms with Crippen molar-refractivity contribution < 1.29 is 19.4 Å². The number of rotatable bonds is 9. The van der Waals surface area contributed by atoms with Crippen LogP contribution in [0.4, 0.5) is 4.79 Å². The van der Waals surface area contributed by atoms with Gasteiger partial charge >= 0.3 is 6.03 Å². The molecule has 7 heteroatoms. The van der Waals surface area contributed by atoms with Crippen molar-refractivity contribution in [1.82, 2.24) is 15.2 Å². The van der Waals surface area contributed by atoms with Crippen LogP contribution in [0.25, 0.3) is 0 Å². The molecule has 1 heterocycles. The Hall–Kier alpha value is -3.74. The van der Waals surface area contributed by atoms with Crippen LogP contribution >= 0.6 is 0 Å². The second-order valence-electron chi connectivity index (χ2n) is 8.25. The summed E-state index contributed by atoms with van der Waals surface area (Å²) in [5, 5.41) is 12.8. The number of phenols is 1. The second-order valence-corrected chi connectivity index (χ2v) is 8.25. The number of urea groups is 1. The van der Waals surface area contributed by atoms with Crippen LogP contribution in [-0.2, 0) is 13.2 Å². The third kappa shape index (κ3) is 5.94. The average Bonchev–Trinajstić information content (AvgIpc) is 3.67. The molecule has 0 bridgehead atoms. The van der Waals surface area contributed by atoms with Crippen LogP contribution in [-0.4, -0.2) is 34.2 Å². The van der Waals surface area contributed by atoms with Crippen molar-refractivity contribution in [2.24, 2.45) is 0 Å². The van der Waals surface area contributed by atoms with Crippen molar-refractivity contribution in [3.8, 4) is 17.2 Å². The van der Waals surface area contributed by atoms with Gasteiger partial charge in [0.1, 0.15) is 12.4 Å². The maximum Gasteiger partial charge on any atom is 0.318 e. The fourth-order valence-corrected chi connectivity index (χ4v) is 3.67. The molecule has 172 valence electrons. The molecule has 2 N–H and O–H groups in total. The Kier molecular flexibility index (Phi) is 6.98. The first kappa shape index (κ1) is 22.5. The zero-order chi connectivity index (χ0) is 23.2. The highest BCUT2D eigenvalue weighted by molar-refractivity contribution is 5.75. The van der Waals surface area contributed by atoms with Crippen molar-refractivity contribution in [3.63, 3.8) is 0 Å². The highest BCUT2D eigenvalue weighted by Crippen LogP contribution is 2.32. The van der Waals surface area contributed by atoms with Gasteiger partial charge in [0.2, 0.25) is 0 Å². The molecule has 7 nitrogen and oxygen atoms in total. The third-order valence-corrected chi connectivity index (χ3v) is 5.68. The molecule has 2 amide bonds. The fourth-order valence-electron chi connectivity index (χ4n) is 3.67. The van der Waals surface area contributed by atoms with Crippen molar-refractivity contribution in [2.45, 2.75) is 45.0 Å². The van der Waals surface area contributed by atoms with E-state index in [9.17, 15) is 9.90 Å². The number of hydrogen-bond acceptors (Lipinski definition) is 5. The number of nitrogens with one attached hydrogen (secondary N) is 1. The predicted octanol–water partition coefficient (Wildman–Crippen LogP) is 4.81. The number of ether oxygens (including phenoxy) is 2. The first-order chi connectivity index (χ1) is 16.0. The first-order valence-corrected chi connectivity index (χ1v) is 11.1. The van der Waals surface area contributed by atoms with Gasteiger partial charge in [-0.15, -0.1) is 0 Å². The standard InChI is InChI=1S/C26H29N3O4/c1-18(28-26(31)29(22-7-8-22)16-20-4-3-5-23(30)14-20)21-6-9-24(25(15-21)32-2)33-17-19-10-12-27-13-11-19/h3-6,9-15,18,22,30H,7-8,16-17H2,1-2H3,(H,28,31)/t18-/m1/s1. The lowest BCUT2D eigenvalue weighted by Crippen LogP contribution is -2.41. The Morgan fingerprint density at radius 3 is 2.61 bits per heavy atom. The van der Waals surface area contributed by atoms with Gasteiger partial charge in [-0.05, 0) is 72.9 Å². The summed E-state index contributed by atoms with van der Waals surface area (Å²) in [7, 11) is 1.60. The number of carbonyl (C=O) groups excluding carboxylic acids is 1. The van der Waals surface area contributed by atoms with E-state index in [1.807, 2.05) is 48.2 Å². The molecule has 33 heavy (non-hydrogen) atoms. The highest BCUT2D eigenvalue weighted by atomic mass is 16.5. The van der Waals surface area contributed by atoms with Gasteiger partial charge in [0.25, 0.3) is 0 Å². The van der Waals surface area contributed by atoms with Gasteiger partial charge in [-0.1, -0.05) is 18.2 Å². The van der Waals surface area contributed by atoms with E-state index in [0.717, 1.165) is 29.5 Å². The molecule has 2 aromatic carbocycles. The van der Waals surface area contributed by atoms with Crippen LogP contribution in [0.5, 0.6) is 17.2 Å². The molecule has 3 aromatic rings. The van der Waals surface area contributed by atoms with Crippen LogP contribution in [0, 0.1) is 0 Å². The van der Waals surface area contributed by atoms with Gasteiger partial charge in [0.05, 0.1) is 13.2 Å². The van der Waals surface area contributed by atoms with Crippen LogP contribution in [0.3, 0.4) is 0 Å². The van der Waals surface area contributed by atoms with Crippen LogP contribution < -0.4 is 14.8 Å². The molecule has 0 saturated heterocycles. The molecule has 0 unspecified atom stereocenters. The second kappa shape index (κ2) is 10.3. The molecule has 1 atom stereocenters. The molecular formula is C26H29N3O4. The van der Waals surface area contributed by atoms with E-state index in [1.165, 1.54) is 0 Å². The monoisotopic (exact) mass is 447 g/mol. The lowest BCUT2D eigenvalue weighted by Gasteiger charge is -2.26. The zero-order valence-electron chi connectivity index (χ0n) is 18.9. The summed E-state index contributed by atoms with van der Waals surface area (Å²) < 4.78 is 11.4. The third-order valence-electron chi connectivity index (χ3n) is 5.68. The van der Waals surface area contributed by atoms with E-state index in [1.54, 1.807) is 37.7 Å². The molecule has 0 spiro atoms. The summed E-state index contributed by atoms with van der Waals surface area (Å²) in [6, 6.07) is 16.4. The molecule has 0 radical (unpaired) electrons. The van der Waals surface area contributed by atoms with Crippen molar-refractivity contribution in [1.29, 1.82) is 0 Å². The Morgan fingerprint density at radius 1 is 1.12 bits per heavy atom. The molecule has 0 aliphatic heterocycles. The summed E-state index contributed by atoms with van der Waals surface area (Å²) in [5.74, 6) is 1.46. The summed E-state index contributed by atoms with van der Waals surface area (Å²) in [6.07, 6.45) is 5.46. The normalized spacial score (nSPS) is 13.8. The lowest BCUT2D eigenvalue weighted by molar-refractivity contribution is 0.188. The summed E-state index contributed by atoms with van der Waals surface area (Å²) in [5.41, 5.74) is 2.84. The van der Waals surface area contributed by atoms with Gasteiger partial charge < -0.3 is 24.8 Å². The Morgan fingerprint density at radius 2 is 1.91 bits per heavy atom. The van der Waals surface area contributed by atoms with Crippen molar-refractivity contribution in [2.75, 3.05) is 7.11 Å². The van der Waals surface area contributed by atoms with Crippen LogP contribution in [0.2, 0.25) is 0 Å². The number of phenolic OH excluding ortho intramolecular Hbond substituents is 1. The highest BCUT2D eigenvalue weighted by Gasteiger charge is 2.33. The molecule has 4 rings (SSSR count). The van der Waals surface area contributed by atoms with E-state index >= 15 is 0 Å². The average molecular weight is 448 g/mol. The number of benzene rings is 2. The van der Waals surface area contributed by atoms with Gasteiger partial charge in [-0.25, -0.2) is 4.79 Å². The van der Waals surface area contributed by atoms with E-state index < -0.39 is 0 Å². The smallest absolute Gasteiger partial charge is 0.318 e. The lowest BCUT2D eigenvalue weighted by atomic mass is 10.1. The maximum absolute atomic E-state index is 13.1. The minimum atomic E-state index is -0.217. The van der Waals surface area contributed by atoms with E-state index in [0.29, 0.717) is 24.7 Å². The molecule has 1 fully saturated rings. The van der Waals surface area contributed by atoms with Crippen molar-refractivity contribution in [3.05, 3.63) is 83.7 Å². The summed E-state index contributed by atoms with van der Waals surface area (Å²) >= 11 is 0. The van der Waals surface area contributed by atoms with Gasteiger partial charge in [0, 0.05) is 25.0 Å². The number of carbonyl (C=O) groups is 1. The number of hydrogen-bond donors (Lipinski definition) is 2.